The summed E-state index contributed by atoms with van der Waals surface area (Å²) < 4.78 is 136. The van der Waals surface area contributed by atoms with Crippen LogP contribution in [0.5, 0.6) is 0 Å². The minimum Gasteiger partial charge on any atom is -0.499 e. The molecular weight excluding hydrogens is 401 g/mol. The first kappa shape index (κ1) is 23.9. The smallest absolute Gasteiger partial charge is 0.499 e. The molecule has 0 N–H and O–H groups in total. The molecule has 0 bridgehead atoms. The molecule has 0 radical (unpaired) electrons. The average Bonchev–Trinajstić information content (AvgIpc) is 2.28. The zero-order valence-corrected chi connectivity index (χ0v) is 14.7. The normalized spacial score (nSPS) is 14.9. The van der Waals surface area contributed by atoms with Gasteiger partial charge in [0.2, 0.25) is 0 Å². The van der Waals surface area contributed by atoms with Crippen molar-refractivity contribution in [2.24, 2.45) is 0 Å². The maximum atomic E-state index is 12.7. The lowest BCUT2D eigenvalue weighted by atomic mass is 10.3. The van der Waals surface area contributed by atoms with Gasteiger partial charge < -0.3 is 11.1 Å². The minimum atomic E-state index is -5.99. The molecule has 0 saturated carbocycles. The van der Waals surface area contributed by atoms with E-state index in [-0.39, 0.29) is 0 Å². The third kappa shape index (κ3) is 7.87. The number of halogens is 10. The van der Waals surface area contributed by atoms with E-state index in [0.717, 1.165) is 0 Å². The summed E-state index contributed by atoms with van der Waals surface area (Å²) in [6, 6.07) is 0. The third-order valence-electron chi connectivity index (χ3n) is 2.08. The molecule has 0 atom stereocenters. The van der Waals surface area contributed by atoms with Crippen molar-refractivity contribution >= 4 is 23.5 Å². The molecule has 0 amide bonds. The number of hydrogen-bond acceptors (Lipinski definition) is 3. The zero-order valence-electron chi connectivity index (χ0n) is 12.5. The minimum absolute atomic E-state index is 1.38. The predicted octanol–water partition coefficient (Wildman–Crippen LogP) is 4.25. The first-order valence-corrected chi connectivity index (χ1v) is 10.9. The predicted molar refractivity (Wildman–Crippen MR) is 64.1 cm³/mol. The molecule has 0 aliphatic carbocycles. The van der Waals surface area contributed by atoms with Crippen molar-refractivity contribution in [3.8, 4) is 0 Å². The van der Waals surface area contributed by atoms with Crippen LogP contribution >= 0.6 is 0 Å². The van der Waals surface area contributed by atoms with Crippen LogP contribution in [0.2, 0.25) is 19.6 Å². The largest absolute Gasteiger partial charge is 0.894 e. The van der Waals surface area contributed by atoms with Crippen LogP contribution in [0.25, 0.3) is 0 Å². The number of hydrogen-bond donors (Lipinski definition) is 0. The molecule has 0 fully saturated rings. The fourth-order valence-electron chi connectivity index (χ4n) is 0.914. The molecule has 15 heteroatoms. The Morgan fingerprint density at radius 2 is 0.958 bits per heavy atom. The van der Waals surface area contributed by atoms with Gasteiger partial charge in [-0.15, -0.1) is 0 Å². The van der Waals surface area contributed by atoms with Crippen LogP contribution in [-0.4, -0.2) is 60.9 Å². The first-order valence-electron chi connectivity index (χ1n) is 6.09. The molecule has 0 aliphatic rings. The molecule has 24 heavy (non-hydrogen) atoms. The standard InChI is InChI=1S/2C3H2F5O.C3H9OSi.Al/c2*4-2(5,1-9)3(6,7)8;1-5(2,3)4;/h2*1H2;1-3H3;/q3*-1;+3. The molecule has 0 unspecified atom stereocenters. The van der Waals surface area contributed by atoms with E-state index >= 15 is 0 Å². The van der Waals surface area contributed by atoms with Crippen LogP contribution in [-0.2, 0) is 11.1 Å². The van der Waals surface area contributed by atoms with Crippen LogP contribution < -0.4 is 0 Å². The summed E-state index contributed by atoms with van der Waals surface area (Å²) in [5.41, 5.74) is 0. The highest BCUT2D eigenvalue weighted by molar-refractivity contribution is 6.74. The van der Waals surface area contributed by atoms with Crippen molar-refractivity contribution in [2.45, 2.75) is 43.8 Å². The highest BCUT2D eigenvalue weighted by atomic mass is 28.4. The van der Waals surface area contributed by atoms with E-state index in [1.165, 1.54) is 19.6 Å². The van der Waals surface area contributed by atoms with Gasteiger partial charge in [-0.2, -0.15) is 43.9 Å². The monoisotopic (exact) mass is 414 g/mol. The van der Waals surface area contributed by atoms with Crippen LogP contribution in [0.3, 0.4) is 0 Å². The van der Waals surface area contributed by atoms with E-state index in [4.69, 9.17) is 3.48 Å². The van der Waals surface area contributed by atoms with Crippen molar-refractivity contribution in [1.82, 2.24) is 0 Å². The highest BCUT2D eigenvalue weighted by Gasteiger charge is 2.60. The van der Waals surface area contributed by atoms with Gasteiger partial charge in [0, 0.05) is 0 Å². The van der Waals surface area contributed by atoms with Crippen molar-refractivity contribution in [3.05, 3.63) is 0 Å². The second-order valence-electron chi connectivity index (χ2n) is 5.55. The maximum Gasteiger partial charge on any atom is 0.894 e. The Kier molecular flexibility index (Phi) is 7.64. The number of rotatable bonds is 8. The molecule has 0 aromatic rings. The van der Waals surface area contributed by atoms with Gasteiger partial charge in [0.1, 0.15) is 0 Å². The van der Waals surface area contributed by atoms with Crippen molar-refractivity contribution in [1.29, 1.82) is 0 Å². The van der Waals surface area contributed by atoms with Gasteiger partial charge in [0.15, 0.2) is 8.32 Å². The highest BCUT2D eigenvalue weighted by Crippen LogP contribution is 2.37. The van der Waals surface area contributed by atoms with E-state index in [0.29, 0.717) is 0 Å². The Balaban J connectivity index is 4.96. The summed E-state index contributed by atoms with van der Waals surface area (Å²) in [6.07, 6.45) is -12.0. The quantitative estimate of drug-likeness (QED) is 0.439. The molecule has 0 aromatic heterocycles. The van der Waals surface area contributed by atoms with Gasteiger partial charge in [-0.1, -0.05) is 0 Å². The van der Waals surface area contributed by atoms with Gasteiger partial charge in [0.05, 0.1) is 13.2 Å². The third-order valence-corrected chi connectivity index (χ3v) is 6.56. The molecule has 0 aliphatic heterocycles. The van der Waals surface area contributed by atoms with Gasteiger partial charge in [-0.3, -0.25) is 0 Å². The van der Waals surface area contributed by atoms with E-state index in [2.05, 4.69) is 7.58 Å². The molecule has 144 valence electrons. The van der Waals surface area contributed by atoms with Gasteiger partial charge in [0.25, 0.3) is 0 Å². The maximum absolute atomic E-state index is 12.7. The van der Waals surface area contributed by atoms with E-state index in [9.17, 15) is 43.9 Å². The second kappa shape index (κ2) is 7.66. The molecular formula is C9H13AlF10O3Si. The Labute approximate surface area is 136 Å². The fraction of sp³-hybridized carbons (Fsp3) is 1.00. The molecule has 0 aromatic carbocycles. The Bertz CT molecular complexity index is 376. The topological polar surface area (TPSA) is 27.7 Å². The van der Waals surface area contributed by atoms with E-state index in [1.54, 1.807) is 0 Å². The Hall–Kier alpha value is -0.0706. The molecule has 0 spiro atoms. The molecule has 0 rings (SSSR count). The first-order chi connectivity index (χ1) is 10.3. The van der Waals surface area contributed by atoms with Crippen LogP contribution in [0.4, 0.5) is 43.9 Å². The zero-order chi connectivity index (χ0) is 19.6. The van der Waals surface area contributed by atoms with E-state index in [1.807, 2.05) is 0 Å². The number of alkyl halides is 10. The lowest BCUT2D eigenvalue weighted by molar-refractivity contribution is -0.296. The van der Waals surface area contributed by atoms with Crippen LogP contribution in [0, 0.1) is 0 Å². The second-order valence-corrected chi connectivity index (χ2v) is 12.0. The summed E-state index contributed by atoms with van der Waals surface area (Å²) in [6.45, 7) is -0.485. The van der Waals surface area contributed by atoms with E-state index < -0.39 is 60.9 Å². The summed E-state index contributed by atoms with van der Waals surface area (Å²) in [4.78, 5) is 0. The van der Waals surface area contributed by atoms with Gasteiger partial charge in [-0.05, 0) is 19.6 Å². The van der Waals surface area contributed by atoms with Crippen molar-refractivity contribution in [3.63, 3.8) is 0 Å². The summed E-state index contributed by atoms with van der Waals surface area (Å²) in [7, 11) is -2.75. The summed E-state index contributed by atoms with van der Waals surface area (Å²) in [5.74, 6) is -10.7. The van der Waals surface area contributed by atoms with Crippen molar-refractivity contribution in [2.75, 3.05) is 13.2 Å². The Morgan fingerprint density at radius 3 is 1.17 bits per heavy atom. The van der Waals surface area contributed by atoms with Crippen LogP contribution in [0.1, 0.15) is 0 Å². The summed E-state index contributed by atoms with van der Waals surface area (Å²) in [5, 5.41) is 0. The molecule has 0 heterocycles. The van der Waals surface area contributed by atoms with Crippen molar-refractivity contribution < 1.29 is 55.0 Å². The lowest BCUT2D eigenvalue weighted by Gasteiger charge is -2.27. The lowest BCUT2D eigenvalue weighted by Crippen LogP contribution is -2.48. The fourth-order valence-corrected chi connectivity index (χ4v) is 4.55. The molecule has 0 saturated heterocycles. The summed E-state index contributed by atoms with van der Waals surface area (Å²) >= 11 is -4.10. The molecule has 3 nitrogen and oxygen atoms in total. The van der Waals surface area contributed by atoms with Gasteiger partial charge in [-0.25, -0.2) is 0 Å². The van der Waals surface area contributed by atoms with Crippen LogP contribution in [0.15, 0.2) is 0 Å². The van der Waals surface area contributed by atoms with Gasteiger partial charge >= 0.3 is 39.3 Å². The average molecular weight is 414 g/mol. The Morgan fingerprint density at radius 1 is 0.667 bits per heavy atom. The SMILES string of the molecule is C[Si](C)(C)[O][Al]([O]CC(F)(F)C(F)(F)F)[O]CC(F)(F)C(F)(F)F.